The van der Waals surface area contributed by atoms with Gasteiger partial charge in [-0.1, -0.05) is 33.6 Å². The molecule has 2 aromatic rings. The van der Waals surface area contributed by atoms with E-state index in [2.05, 4.69) is 26.0 Å². The van der Waals surface area contributed by atoms with Gasteiger partial charge in [-0.05, 0) is 55.3 Å². The van der Waals surface area contributed by atoms with Gasteiger partial charge in [0, 0.05) is 15.2 Å². The fourth-order valence-corrected chi connectivity index (χ4v) is 3.07. The maximum Gasteiger partial charge on any atom is 0.343 e. The third-order valence-electron chi connectivity index (χ3n) is 4.05. The minimum Gasteiger partial charge on any atom is -0.490 e. The predicted molar refractivity (Wildman–Crippen MR) is 121 cm³/mol. The standard InChI is InChI=1S/C22H20BrClN2O5/c1-4-30-19-8-14(17(23)10-20(19)31-12-21(27)29-3)7-15(11-25)22(28)26-18-9-16(24)6-5-13(18)2/h5-10H,4,12H2,1-3H3,(H,26,28)/b15-7+. The molecule has 1 N–H and O–H groups in total. The van der Waals surface area contributed by atoms with E-state index in [-0.39, 0.29) is 12.2 Å². The quantitative estimate of drug-likeness (QED) is 0.310. The smallest absolute Gasteiger partial charge is 0.343 e. The van der Waals surface area contributed by atoms with Crippen LogP contribution in [0.15, 0.2) is 40.4 Å². The van der Waals surface area contributed by atoms with E-state index in [1.54, 1.807) is 37.3 Å². The van der Waals surface area contributed by atoms with Crippen molar-refractivity contribution in [2.75, 3.05) is 25.6 Å². The highest BCUT2D eigenvalue weighted by molar-refractivity contribution is 9.10. The van der Waals surface area contributed by atoms with Gasteiger partial charge in [-0.2, -0.15) is 5.26 Å². The van der Waals surface area contributed by atoms with Crippen LogP contribution < -0.4 is 14.8 Å². The maximum atomic E-state index is 12.6. The molecule has 0 aliphatic carbocycles. The summed E-state index contributed by atoms with van der Waals surface area (Å²) in [5.74, 6) is -0.455. The summed E-state index contributed by atoms with van der Waals surface area (Å²) in [6.45, 7) is 3.67. The van der Waals surface area contributed by atoms with Gasteiger partial charge in [0.1, 0.15) is 11.6 Å². The first-order valence-electron chi connectivity index (χ1n) is 9.14. The van der Waals surface area contributed by atoms with Crippen molar-refractivity contribution in [3.05, 3.63) is 56.5 Å². The van der Waals surface area contributed by atoms with Crippen LogP contribution in [0.3, 0.4) is 0 Å². The van der Waals surface area contributed by atoms with Crippen LogP contribution in [0, 0.1) is 18.3 Å². The number of esters is 1. The fraction of sp³-hybridized carbons (Fsp3) is 0.227. The molecule has 0 atom stereocenters. The number of benzene rings is 2. The normalized spacial score (nSPS) is 10.8. The van der Waals surface area contributed by atoms with E-state index in [0.717, 1.165) is 5.56 Å². The lowest BCUT2D eigenvalue weighted by atomic mass is 10.1. The van der Waals surface area contributed by atoms with E-state index in [1.807, 2.05) is 13.0 Å². The zero-order valence-corrected chi connectivity index (χ0v) is 19.5. The van der Waals surface area contributed by atoms with Crippen LogP contribution in [-0.2, 0) is 14.3 Å². The van der Waals surface area contributed by atoms with Gasteiger partial charge < -0.3 is 19.5 Å². The number of halogens is 2. The van der Waals surface area contributed by atoms with Crippen LogP contribution >= 0.6 is 27.5 Å². The minimum atomic E-state index is -0.580. The summed E-state index contributed by atoms with van der Waals surface area (Å²) < 4.78 is 16.1. The Labute approximate surface area is 193 Å². The molecule has 0 aliphatic heterocycles. The number of methoxy groups -OCH3 is 1. The van der Waals surface area contributed by atoms with Gasteiger partial charge in [0.25, 0.3) is 5.91 Å². The molecule has 1 amide bonds. The van der Waals surface area contributed by atoms with Crippen molar-refractivity contribution in [3.63, 3.8) is 0 Å². The van der Waals surface area contributed by atoms with E-state index in [4.69, 9.17) is 21.1 Å². The van der Waals surface area contributed by atoms with E-state index in [1.165, 1.54) is 13.2 Å². The Bertz CT molecular complexity index is 1060. The molecule has 31 heavy (non-hydrogen) atoms. The predicted octanol–water partition coefficient (Wildman–Crippen LogP) is 4.91. The second-order valence-electron chi connectivity index (χ2n) is 6.20. The summed E-state index contributed by atoms with van der Waals surface area (Å²) in [5, 5.41) is 12.7. The van der Waals surface area contributed by atoms with Crippen LogP contribution in [0.4, 0.5) is 5.69 Å². The lowest BCUT2D eigenvalue weighted by Gasteiger charge is -2.13. The Morgan fingerprint density at radius 3 is 2.58 bits per heavy atom. The highest BCUT2D eigenvalue weighted by Crippen LogP contribution is 2.35. The van der Waals surface area contributed by atoms with Crippen LogP contribution in [-0.4, -0.2) is 32.2 Å². The van der Waals surface area contributed by atoms with Crippen molar-refractivity contribution in [3.8, 4) is 17.6 Å². The first-order chi connectivity index (χ1) is 14.8. The van der Waals surface area contributed by atoms with Gasteiger partial charge in [-0.15, -0.1) is 0 Å². The van der Waals surface area contributed by atoms with Crippen molar-refractivity contribution in [1.29, 1.82) is 5.26 Å². The van der Waals surface area contributed by atoms with E-state index in [0.29, 0.717) is 38.9 Å². The first kappa shape index (κ1) is 24.3. The number of aryl methyl sites for hydroxylation is 1. The lowest BCUT2D eigenvalue weighted by molar-refractivity contribution is -0.142. The van der Waals surface area contributed by atoms with Crippen molar-refractivity contribution in [2.24, 2.45) is 0 Å². The monoisotopic (exact) mass is 506 g/mol. The summed E-state index contributed by atoms with van der Waals surface area (Å²) in [6, 6.07) is 10.2. The largest absolute Gasteiger partial charge is 0.490 e. The fourth-order valence-electron chi connectivity index (χ4n) is 2.46. The topological polar surface area (TPSA) is 97.6 Å². The third kappa shape index (κ3) is 6.74. The number of nitrogens with zero attached hydrogens (tertiary/aromatic N) is 1. The van der Waals surface area contributed by atoms with E-state index >= 15 is 0 Å². The molecule has 0 aromatic heterocycles. The molecule has 0 bridgehead atoms. The molecule has 0 heterocycles. The molecule has 0 saturated heterocycles. The van der Waals surface area contributed by atoms with Gasteiger partial charge in [0.2, 0.25) is 0 Å². The number of rotatable bonds is 8. The number of amides is 1. The molecule has 2 rings (SSSR count). The summed E-state index contributed by atoms with van der Waals surface area (Å²) in [5.41, 5.74) is 1.72. The highest BCUT2D eigenvalue weighted by atomic mass is 79.9. The molecule has 9 heteroatoms. The van der Waals surface area contributed by atoms with Crippen molar-refractivity contribution in [1.82, 2.24) is 0 Å². The molecule has 162 valence electrons. The van der Waals surface area contributed by atoms with Crippen LogP contribution in [0.25, 0.3) is 6.08 Å². The van der Waals surface area contributed by atoms with Gasteiger partial charge in [-0.25, -0.2) is 4.79 Å². The highest BCUT2D eigenvalue weighted by Gasteiger charge is 2.15. The SMILES string of the molecule is CCOc1cc(/C=C(\C#N)C(=O)Nc2cc(Cl)ccc2C)c(Br)cc1OCC(=O)OC. The molecule has 0 spiro atoms. The Balaban J connectivity index is 2.34. The second-order valence-corrected chi connectivity index (χ2v) is 7.49. The molecule has 0 saturated carbocycles. The summed E-state index contributed by atoms with van der Waals surface area (Å²) in [7, 11) is 1.26. The first-order valence-corrected chi connectivity index (χ1v) is 10.3. The number of nitrogens with one attached hydrogen (secondary N) is 1. The Kier molecular flexibility index (Phi) is 8.91. The van der Waals surface area contributed by atoms with Gasteiger partial charge >= 0.3 is 5.97 Å². The number of ether oxygens (including phenoxy) is 3. The number of carbonyl (C=O) groups is 2. The molecular formula is C22H20BrClN2O5. The van der Waals surface area contributed by atoms with Crippen molar-refractivity contribution in [2.45, 2.75) is 13.8 Å². The average Bonchev–Trinajstić information content (AvgIpc) is 2.74. The van der Waals surface area contributed by atoms with Crippen molar-refractivity contribution < 1.29 is 23.8 Å². The zero-order valence-electron chi connectivity index (χ0n) is 17.1. The van der Waals surface area contributed by atoms with Crippen LogP contribution in [0.2, 0.25) is 5.02 Å². The van der Waals surface area contributed by atoms with Crippen LogP contribution in [0.5, 0.6) is 11.5 Å². The molecule has 0 unspecified atom stereocenters. The second kappa shape index (κ2) is 11.4. The molecule has 0 fully saturated rings. The number of anilines is 1. The zero-order chi connectivity index (χ0) is 23.0. The Hall–Kier alpha value is -3.02. The summed E-state index contributed by atoms with van der Waals surface area (Å²) in [4.78, 5) is 24.0. The molecule has 2 aromatic carbocycles. The molecular weight excluding hydrogens is 488 g/mol. The van der Waals surface area contributed by atoms with Gasteiger partial charge in [0.05, 0.1) is 13.7 Å². The lowest BCUT2D eigenvalue weighted by Crippen LogP contribution is -2.14. The summed E-state index contributed by atoms with van der Waals surface area (Å²) >= 11 is 9.39. The number of hydrogen-bond acceptors (Lipinski definition) is 6. The van der Waals surface area contributed by atoms with Gasteiger partial charge in [0.15, 0.2) is 18.1 Å². The molecule has 0 radical (unpaired) electrons. The average molecular weight is 508 g/mol. The maximum absolute atomic E-state index is 12.6. The van der Waals surface area contributed by atoms with Gasteiger partial charge in [-0.3, -0.25) is 4.79 Å². The van der Waals surface area contributed by atoms with E-state index in [9.17, 15) is 14.9 Å². The summed E-state index contributed by atoms with van der Waals surface area (Å²) in [6.07, 6.45) is 1.42. The number of carbonyl (C=O) groups excluding carboxylic acids is 2. The minimum absolute atomic E-state index is 0.120. The van der Waals surface area contributed by atoms with Crippen LogP contribution in [0.1, 0.15) is 18.1 Å². The molecule has 7 nitrogen and oxygen atoms in total. The van der Waals surface area contributed by atoms with E-state index < -0.39 is 11.9 Å². The molecule has 0 aliphatic rings. The number of hydrogen-bond donors (Lipinski definition) is 1. The Morgan fingerprint density at radius 1 is 1.23 bits per heavy atom. The Morgan fingerprint density at radius 2 is 1.94 bits per heavy atom. The third-order valence-corrected chi connectivity index (χ3v) is 4.97. The van der Waals surface area contributed by atoms with Crippen molar-refractivity contribution >= 4 is 51.2 Å². The number of nitriles is 1.